The highest BCUT2D eigenvalue weighted by Gasteiger charge is 2.10. The van der Waals surface area contributed by atoms with Crippen LogP contribution in [-0.4, -0.2) is 10.9 Å². The molecule has 1 heterocycles. The first-order chi connectivity index (χ1) is 9.08. The van der Waals surface area contributed by atoms with E-state index in [2.05, 4.69) is 10.3 Å². The van der Waals surface area contributed by atoms with Gasteiger partial charge in [0.25, 0.3) is 0 Å². The van der Waals surface area contributed by atoms with Gasteiger partial charge in [0.15, 0.2) is 0 Å². The summed E-state index contributed by atoms with van der Waals surface area (Å²) in [6.07, 6.45) is 0.314. The van der Waals surface area contributed by atoms with Crippen molar-refractivity contribution in [3.8, 4) is 6.07 Å². The highest BCUT2D eigenvalue weighted by atomic mass is 32.1. The summed E-state index contributed by atoms with van der Waals surface area (Å²) in [5, 5.41) is 12.6. The van der Waals surface area contributed by atoms with Gasteiger partial charge >= 0.3 is 0 Å². The van der Waals surface area contributed by atoms with Crippen LogP contribution >= 0.6 is 11.3 Å². The Kier molecular flexibility index (Phi) is 3.93. The van der Waals surface area contributed by atoms with Gasteiger partial charge in [-0.3, -0.25) is 4.79 Å². The second kappa shape index (κ2) is 5.63. The van der Waals surface area contributed by atoms with Crippen LogP contribution in [0.3, 0.4) is 0 Å². The maximum Gasteiger partial charge on any atom is 0.229 e. The summed E-state index contributed by atoms with van der Waals surface area (Å²) in [6, 6.07) is 8.91. The highest BCUT2D eigenvalue weighted by molar-refractivity contribution is 7.11. The number of hydrogen-bond acceptors (Lipinski definition) is 4. The Bertz CT molecular complexity index is 655. The molecule has 4 nitrogen and oxygen atoms in total. The fourth-order valence-corrected chi connectivity index (χ4v) is 2.69. The number of amides is 1. The lowest BCUT2D eigenvalue weighted by atomic mass is 10.2. The van der Waals surface area contributed by atoms with E-state index in [4.69, 9.17) is 5.26 Å². The summed E-state index contributed by atoms with van der Waals surface area (Å²) >= 11 is 1.54. The number of anilines is 1. The van der Waals surface area contributed by atoms with Crippen molar-refractivity contribution in [2.45, 2.75) is 20.3 Å². The number of rotatable bonds is 3. The Morgan fingerprint density at radius 3 is 2.89 bits per heavy atom. The number of aryl methyl sites for hydroxylation is 2. The topological polar surface area (TPSA) is 65.8 Å². The van der Waals surface area contributed by atoms with Gasteiger partial charge in [0, 0.05) is 10.6 Å². The van der Waals surface area contributed by atoms with Gasteiger partial charge in [0.05, 0.1) is 28.8 Å². The van der Waals surface area contributed by atoms with Crippen LogP contribution in [0.25, 0.3) is 0 Å². The third-order valence-electron chi connectivity index (χ3n) is 2.60. The molecule has 1 amide bonds. The molecule has 1 N–H and O–H groups in total. The first-order valence-corrected chi connectivity index (χ1v) is 6.63. The van der Waals surface area contributed by atoms with Crippen LogP contribution in [0.2, 0.25) is 0 Å². The fraction of sp³-hybridized carbons (Fsp3) is 0.214. The third-order valence-corrected chi connectivity index (χ3v) is 3.67. The van der Waals surface area contributed by atoms with Crippen LogP contribution in [0.15, 0.2) is 24.3 Å². The Balaban J connectivity index is 2.05. The van der Waals surface area contributed by atoms with E-state index < -0.39 is 0 Å². The summed E-state index contributed by atoms with van der Waals surface area (Å²) < 4.78 is 0. The summed E-state index contributed by atoms with van der Waals surface area (Å²) in [5.41, 5.74) is 2.08. The van der Waals surface area contributed by atoms with Gasteiger partial charge in [-0.15, -0.1) is 11.3 Å². The van der Waals surface area contributed by atoms with Gasteiger partial charge < -0.3 is 5.32 Å². The molecule has 0 fully saturated rings. The van der Waals surface area contributed by atoms with Gasteiger partial charge in [-0.05, 0) is 32.0 Å². The number of benzene rings is 1. The SMILES string of the molecule is Cc1nc(C)c(CC(=O)Nc2cccc(C#N)c2)s1. The molecule has 0 bridgehead atoms. The Labute approximate surface area is 115 Å². The largest absolute Gasteiger partial charge is 0.326 e. The number of nitriles is 1. The molecule has 0 spiro atoms. The molecule has 2 aromatic rings. The van der Waals surface area contributed by atoms with Gasteiger partial charge in [-0.2, -0.15) is 5.26 Å². The van der Waals surface area contributed by atoms with Crippen LogP contribution in [0.1, 0.15) is 21.1 Å². The minimum atomic E-state index is -0.0955. The summed E-state index contributed by atoms with van der Waals surface area (Å²) in [6.45, 7) is 3.83. The lowest BCUT2D eigenvalue weighted by Gasteiger charge is -2.04. The smallest absolute Gasteiger partial charge is 0.229 e. The van der Waals surface area contributed by atoms with E-state index in [0.717, 1.165) is 15.6 Å². The second-order valence-corrected chi connectivity index (χ2v) is 5.45. The van der Waals surface area contributed by atoms with Gasteiger partial charge in [-0.25, -0.2) is 4.98 Å². The molecule has 0 aliphatic heterocycles. The molecule has 5 heteroatoms. The molecule has 0 saturated heterocycles. The number of aromatic nitrogens is 1. The summed E-state index contributed by atoms with van der Waals surface area (Å²) in [7, 11) is 0. The fourth-order valence-electron chi connectivity index (χ4n) is 1.75. The van der Waals surface area contributed by atoms with Crippen LogP contribution in [-0.2, 0) is 11.2 Å². The first kappa shape index (κ1) is 13.2. The Morgan fingerprint density at radius 2 is 2.26 bits per heavy atom. The minimum Gasteiger partial charge on any atom is -0.326 e. The third kappa shape index (κ3) is 3.39. The monoisotopic (exact) mass is 271 g/mol. The van der Waals surface area contributed by atoms with E-state index in [0.29, 0.717) is 17.7 Å². The quantitative estimate of drug-likeness (QED) is 0.933. The van der Waals surface area contributed by atoms with Crippen molar-refractivity contribution in [3.05, 3.63) is 45.4 Å². The minimum absolute atomic E-state index is 0.0955. The molecular formula is C14H13N3OS. The van der Waals surface area contributed by atoms with E-state index in [1.807, 2.05) is 19.9 Å². The van der Waals surface area contributed by atoms with Crippen LogP contribution in [0, 0.1) is 25.2 Å². The molecule has 0 atom stereocenters. The van der Waals surface area contributed by atoms with Crippen molar-refractivity contribution >= 4 is 22.9 Å². The predicted octanol–water partition coefficient (Wildman–Crippen LogP) is 2.81. The number of nitrogens with zero attached hydrogens (tertiary/aromatic N) is 2. The van der Waals surface area contributed by atoms with E-state index in [1.54, 1.807) is 24.3 Å². The van der Waals surface area contributed by atoms with Crippen molar-refractivity contribution < 1.29 is 4.79 Å². The standard InChI is InChI=1S/C14H13N3OS/c1-9-13(19-10(2)16-9)7-14(18)17-12-5-3-4-11(6-12)8-15/h3-6H,7H2,1-2H3,(H,17,18). The maximum atomic E-state index is 11.9. The van der Waals surface area contributed by atoms with Crippen molar-refractivity contribution in [1.29, 1.82) is 5.26 Å². The highest BCUT2D eigenvalue weighted by Crippen LogP contribution is 2.18. The van der Waals surface area contributed by atoms with E-state index in [-0.39, 0.29) is 5.91 Å². The summed E-state index contributed by atoms with van der Waals surface area (Å²) in [5.74, 6) is -0.0955. The molecule has 1 aromatic carbocycles. The molecule has 0 unspecified atom stereocenters. The molecule has 0 aliphatic carbocycles. The average Bonchev–Trinajstić information content (AvgIpc) is 2.68. The maximum absolute atomic E-state index is 11.9. The van der Waals surface area contributed by atoms with Crippen LogP contribution in [0.5, 0.6) is 0 Å². The number of hydrogen-bond donors (Lipinski definition) is 1. The molecule has 96 valence electrons. The van der Waals surface area contributed by atoms with Gasteiger partial charge in [0.1, 0.15) is 0 Å². The molecule has 0 saturated carbocycles. The normalized spacial score (nSPS) is 9.95. The molecule has 2 rings (SSSR count). The van der Waals surface area contributed by atoms with Crippen LogP contribution in [0.4, 0.5) is 5.69 Å². The predicted molar refractivity (Wildman–Crippen MR) is 75.1 cm³/mol. The van der Waals surface area contributed by atoms with Crippen molar-refractivity contribution in [3.63, 3.8) is 0 Å². The van der Waals surface area contributed by atoms with Crippen molar-refractivity contribution in [1.82, 2.24) is 4.98 Å². The Hall–Kier alpha value is -2.19. The van der Waals surface area contributed by atoms with Gasteiger partial charge in [0.2, 0.25) is 5.91 Å². The zero-order valence-electron chi connectivity index (χ0n) is 10.7. The van der Waals surface area contributed by atoms with E-state index in [9.17, 15) is 4.79 Å². The second-order valence-electron chi connectivity index (χ2n) is 4.16. The molecule has 0 aliphatic rings. The average molecular weight is 271 g/mol. The molecule has 19 heavy (non-hydrogen) atoms. The van der Waals surface area contributed by atoms with Crippen molar-refractivity contribution in [2.75, 3.05) is 5.32 Å². The summed E-state index contributed by atoms with van der Waals surface area (Å²) in [4.78, 5) is 17.2. The molecule has 0 radical (unpaired) electrons. The number of thiazole rings is 1. The first-order valence-electron chi connectivity index (χ1n) is 5.81. The van der Waals surface area contributed by atoms with Crippen molar-refractivity contribution in [2.24, 2.45) is 0 Å². The number of carbonyl (C=O) groups excluding carboxylic acids is 1. The van der Waals surface area contributed by atoms with Gasteiger partial charge in [-0.1, -0.05) is 6.07 Å². The zero-order chi connectivity index (χ0) is 13.8. The number of nitrogens with one attached hydrogen (secondary N) is 1. The van der Waals surface area contributed by atoms with Crippen LogP contribution < -0.4 is 5.32 Å². The lowest BCUT2D eigenvalue weighted by molar-refractivity contribution is -0.115. The zero-order valence-corrected chi connectivity index (χ0v) is 11.5. The number of carbonyl (C=O) groups is 1. The molecule has 1 aromatic heterocycles. The van der Waals surface area contributed by atoms with E-state index in [1.165, 1.54) is 11.3 Å². The molecular weight excluding hydrogens is 258 g/mol. The lowest BCUT2D eigenvalue weighted by Crippen LogP contribution is -2.14. The Morgan fingerprint density at radius 1 is 1.47 bits per heavy atom. The van der Waals surface area contributed by atoms with E-state index >= 15 is 0 Å².